The highest BCUT2D eigenvalue weighted by Crippen LogP contribution is 2.21. The first-order valence-corrected chi connectivity index (χ1v) is 7.52. The molecule has 0 saturated heterocycles. The molecule has 0 aliphatic heterocycles. The summed E-state index contributed by atoms with van der Waals surface area (Å²) in [6.45, 7) is 0.694. The van der Waals surface area contributed by atoms with E-state index in [1.165, 1.54) is 17.7 Å². The van der Waals surface area contributed by atoms with Gasteiger partial charge in [-0.05, 0) is 36.2 Å². The van der Waals surface area contributed by atoms with E-state index in [4.69, 9.17) is 11.6 Å². The molecule has 2 aromatic heterocycles. The van der Waals surface area contributed by atoms with Crippen LogP contribution in [0.25, 0.3) is 11.4 Å². The van der Waals surface area contributed by atoms with Gasteiger partial charge in [0.2, 0.25) is 0 Å². The molecule has 1 N–H and O–H groups in total. The van der Waals surface area contributed by atoms with Gasteiger partial charge >= 0.3 is 0 Å². The Morgan fingerprint density at radius 2 is 1.87 bits per heavy atom. The lowest BCUT2D eigenvalue weighted by Gasteiger charge is -2.08. The minimum atomic E-state index is -0.335. The minimum absolute atomic E-state index is 0.311. The summed E-state index contributed by atoms with van der Waals surface area (Å²) in [4.78, 5) is 12.5. The number of hydrogen-bond acceptors (Lipinski definition) is 4. The Balaban J connectivity index is 1.73. The van der Waals surface area contributed by atoms with E-state index in [1.54, 1.807) is 30.6 Å². The predicted octanol–water partition coefficient (Wildman–Crippen LogP) is 3.99. The number of halogens is 2. The maximum Gasteiger partial charge on any atom is 0.163 e. The Morgan fingerprint density at radius 1 is 1.04 bits per heavy atom. The number of nitrogens with zero attached hydrogens (tertiary/aromatic N) is 3. The molecule has 0 aliphatic rings. The standard InChI is InChI=1S/C17H14ClFN4/c18-15-11-16(21-9-6-12-4-7-20-8-5-12)23-17(22-15)13-2-1-3-14(19)10-13/h1-5,7-8,10-11H,6,9H2,(H,21,22,23). The molecule has 1 aromatic carbocycles. The summed E-state index contributed by atoms with van der Waals surface area (Å²) in [6.07, 6.45) is 4.36. The van der Waals surface area contributed by atoms with Crippen molar-refractivity contribution >= 4 is 17.4 Å². The van der Waals surface area contributed by atoms with Crippen LogP contribution in [0.2, 0.25) is 5.15 Å². The van der Waals surface area contributed by atoms with Crippen LogP contribution in [0.4, 0.5) is 10.2 Å². The Kier molecular flexibility index (Phi) is 4.78. The average molecular weight is 329 g/mol. The molecule has 0 aliphatic carbocycles. The summed E-state index contributed by atoms with van der Waals surface area (Å²) < 4.78 is 13.3. The van der Waals surface area contributed by atoms with E-state index in [1.807, 2.05) is 12.1 Å². The summed E-state index contributed by atoms with van der Waals surface area (Å²) in [7, 11) is 0. The number of nitrogens with one attached hydrogen (secondary N) is 1. The van der Waals surface area contributed by atoms with Gasteiger partial charge in [-0.2, -0.15) is 0 Å². The molecule has 116 valence electrons. The fourth-order valence-electron chi connectivity index (χ4n) is 2.15. The van der Waals surface area contributed by atoms with Crippen molar-refractivity contribution in [3.63, 3.8) is 0 Å². The molecule has 2 heterocycles. The molecular formula is C17H14ClFN4. The summed E-state index contributed by atoms with van der Waals surface area (Å²) in [5.74, 6) is 0.667. The van der Waals surface area contributed by atoms with Gasteiger partial charge in [-0.3, -0.25) is 4.98 Å². The van der Waals surface area contributed by atoms with Gasteiger partial charge in [-0.25, -0.2) is 14.4 Å². The van der Waals surface area contributed by atoms with Crippen LogP contribution in [0.15, 0.2) is 54.9 Å². The van der Waals surface area contributed by atoms with Crippen molar-refractivity contribution in [2.75, 3.05) is 11.9 Å². The van der Waals surface area contributed by atoms with Crippen molar-refractivity contribution in [2.24, 2.45) is 0 Å². The highest BCUT2D eigenvalue weighted by atomic mass is 35.5. The summed E-state index contributed by atoms with van der Waals surface area (Å²) in [5, 5.41) is 3.52. The summed E-state index contributed by atoms with van der Waals surface area (Å²) in [6, 6.07) is 11.7. The van der Waals surface area contributed by atoms with Crippen molar-refractivity contribution in [1.29, 1.82) is 0 Å². The molecule has 0 spiro atoms. The second-order valence-electron chi connectivity index (χ2n) is 4.94. The zero-order valence-electron chi connectivity index (χ0n) is 12.2. The molecule has 0 atom stereocenters. The number of rotatable bonds is 5. The van der Waals surface area contributed by atoms with Gasteiger partial charge in [-0.15, -0.1) is 0 Å². The summed E-state index contributed by atoms with van der Waals surface area (Å²) >= 11 is 6.04. The van der Waals surface area contributed by atoms with Crippen LogP contribution in [-0.4, -0.2) is 21.5 Å². The molecule has 4 nitrogen and oxygen atoms in total. The third kappa shape index (κ3) is 4.23. The van der Waals surface area contributed by atoms with Gasteiger partial charge < -0.3 is 5.32 Å². The van der Waals surface area contributed by atoms with Crippen molar-refractivity contribution in [1.82, 2.24) is 15.0 Å². The number of pyridine rings is 1. The Morgan fingerprint density at radius 3 is 2.65 bits per heavy atom. The predicted molar refractivity (Wildman–Crippen MR) is 88.9 cm³/mol. The highest BCUT2D eigenvalue weighted by molar-refractivity contribution is 6.29. The van der Waals surface area contributed by atoms with E-state index in [9.17, 15) is 4.39 Å². The largest absolute Gasteiger partial charge is 0.370 e. The molecule has 0 radical (unpaired) electrons. The van der Waals surface area contributed by atoms with E-state index in [2.05, 4.69) is 20.3 Å². The molecule has 0 bridgehead atoms. The minimum Gasteiger partial charge on any atom is -0.370 e. The number of anilines is 1. The first-order valence-electron chi connectivity index (χ1n) is 7.14. The molecule has 0 unspecified atom stereocenters. The third-order valence-electron chi connectivity index (χ3n) is 3.25. The monoisotopic (exact) mass is 328 g/mol. The molecule has 6 heteroatoms. The maximum absolute atomic E-state index is 13.3. The number of hydrogen-bond donors (Lipinski definition) is 1. The average Bonchev–Trinajstić information content (AvgIpc) is 2.55. The number of aromatic nitrogens is 3. The van der Waals surface area contributed by atoms with E-state index >= 15 is 0 Å². The fourth-order valence-corrected chi connectivity index (χ4v) is 2.33. The summed E-state index contributed by atoms with van der Waals surface area (Å²) in [5.41, 5.74) is 1.77. The van der Waals surface area contributed by atoms with Crippen LogP contribution in [0.3, 0.4) is 0 Å². The SMILES string of the molecule is Fc1cccc(-c2nc(Cl)cc(NCCc3ccncc3)n2)c1. The molecule has 0 saturated carbocycles. The smallest absolute Gasteiger partial charge is 0.163 e. The van der Waals surface area contributed by atoms with Gasteiger partial charge in [-0.1, -0.05) is 23.7 Å². The zero-order chi connectivity index (χ0) is 16.1. The van der Waals surface area contributed by atoms with E-state index < -0.39 is 0 Å². The third-order valence-corrected chi connectivity index (χ3v) is 3.44. The Hall–Kier alpha value is -2.53. The lowest BCUT2D eigenvalue weighted by molar-refractivity contribution is 0.628. The second-order valence-corrected chi connectivity index (χ2v) is 5.33. The first kappa shape index (κ1) is 15.4. The van der Waals surface area contributed by atoms with Gasteiger partial charge in [0.15, 0.2) is 5.82 Å². The van der Waals surface area contributed by atoms with E-state index in [0.717, 1.165) is 6.42 Å². The van der Waals surface area contributed by atoms with E-state index in [-0.39, 0.29) is 5.82 Å². The van der Waals surface area contributed by atoms with Crippen LogP contribution in [-0.2, 0) is 6.42 Å². The highest BCUT2D eigenvalue weighted by Gasteiger charge is 2.07. The quantitative estimate of drug-likeness (QED) is 0.720. The Bertz CT molecular complexity index is 796. The van der Waals surface area contributed by atoms with Crippen LogP contribution in [0, 0.1) is 5.82 Å². The fraction of sp³-hybridized carbons (Fsp3) is 0.118. The molecule has 3 rings (SSSR count). The normalized spacial score (nSPS) is 10.5. The van der Waals surface area contributed by atoms with Gasteiger partial charge in [0.1, 0.15) is 16.8 Å². The van der Waals surface area contributed by atoms with Crippen molar-refractivity contribution in [3.05, 3.63) is 71.4 Å². The molecule has 0 fully saturated rings. The van der Waals surface area contributed by atoms with Crippen LogP contribution < -0.4 is 5.32 Å². The van der Waals surface area contributed by atoms with Crippen molar-refractivity contribution in [2.45, 2.75) is 6.42 Å². The lowest BCUT2D eigenvalue weighted by atomic mass is 10.2. The van der Waals surface area contributed by atoms with Gasteiger partial charge in [0.25, 0.3) is 0 Å². The van der Waals surface area contributed by atoms with Crippen molar-refractivity contribution < 1.29 is 4.39 Å². The zero-order valence-corrected chi connectivity index (χ0v) is 13.0. The Labute approximate surface area is 138 Å². The van der Waals surface area contributed by atoms with Crippen LogP contribution in [0.1, 0.15) is 5.56 Å². The van der Waals surface area contributed by atoms with Crippen molar-refractivity contribution in [3.8, 4) is 11.4 Å². The van der Waals surface area contributed by atoms with Gasteiger partial charge in [0.05, 0.1) is 0 Å². The number of benzene rings is 1. The van der Waals surface area contributed by atoms with Gasteiger partial charge in [0, 0.05) is 30.6 Å². The molecule has 23 heavy (non-hydrogen) atoms. The topological polar surface area (TPSA) is 50.7 Å². The van der Waals surface area contributed by atoms with Crippen LogP contribution in [0.5, 0.6) is 0 Å². The van der Waals surface area contributed by atoms with E-state index in [0.29, 0.717) is 28.9 Å². The lowest BCUT2D eigenvalue weighted by Crippen LogP contribution is -2.07. The molecule has 3 aromatic rings. The molecular weight excluding hydrogens is 315 g/mol. The molecule has 0 amide bonds. The first-order chi connectivity index (χ1) is 11.2. The van der Waals surface area contributed by atoms with Crippen LogP contribution >= 0.6 is 11.6 Å². The maximum atomic E-state index is 13.3. The second kappa shape index (κ2) is 7.15.